The summed E-state index contributed by atoms with van der Waals surface area (Å²) < 4.78 is 5.21. The Morgan fingerprint density at radius 3 is 2.68 bits per heavy atom. The Kier molecular flexibility index (Phi) is 5.85. The third kappa shape index (κ3) is 4.57. The van der Waals surface area contributed by atoms with E-state index >= 15 is 0 Å². The Hall–Kier alpha value is -1.53. The topological polar surface area (TPSA) is 89.6 Å². The number of carboxylic acids is 1. The fourth-order valence-corrected chi connectivity index (χ4v) is 2.44. The van der Waals surface area contributed by atoms with Crippen LogP contribution in [-0.4, -0.2) is 35.8 Å². The summed E-state index contributed by atoms with van der Waals surface area (Å²) in [5.74, 6) is 0.503. The number of hydrogen-bond donors (Lipinski definition) is 2. The molecule has 1 aromatic carbocycles. The summed E-state index contributed by atoms with van der Waals surface area (Å²) in [7, 11) is 1.56. The lowest BCUT2D eigenvalue weighted by Gasteiger charge is -2.11. The Labute approximate surface area is 116 Å². The van der Waals surface area contributed by atoms with Gasteiger partial charge in [0.2, 0.25) is 0 Å². The van der Waals surface area contributed by atoms with E-state index in [1.54, 1.807) is 25.3 Å². The molecule has 19 heavy (non-hydrogen) atoms. The van der Waals surface area contributed by atoms with Crippen LogP contribution in [0, 0.1) is 0 Å². The number of methoxy groups -OCH3 is 1. The molecule has 0 heterocycles. The maximum atomic E-state index is 11.3. The molecule has 0 saturated heterocycles. The Morgan fingerprint density at radius 1 is 1.47 bits per heavy atom. The van der Waals surface area contributed by atoms with Gasteiger partial charge in [-0.2, -0.15) is 11.8 Å². The molecule has 0 fully saturated rings. The molecule has 0 aliphatic carbocycles. The second kappa shape index (κ2) is 7.16. The zero-order chi connectivity index (χ0) is 14.4. The number of nitrogens with two attached hydrogens (primary N) is 1. The van der Waals surface area contributed by atoms with Gasteiger partial charge in [0.25, 0.3) is 0 Å². The van der Waals surface area contributed by atoms with Gasteiger partial charge in [0.1, 0.15) is 11.8 Å². The van der Waals surface area contributed by atoms with Crippen LogP contribution in [0.15, 0.2) is 18.2 Å². The molecule has 0 aromatic heterocycles. The van der Waals surface area contributed by atoms with E-state index in [4.69, 9.17) is 15.6 Å². The summed E-state index contributed by atoms with van der Waals surface area (Å²) in [4.78, 5) is 21.9. The highest BCUT2D eigenvalue weighted by Gasteiger charge is 2.12. The van der Waals surface area contributed by atoms with Crippen LogP contribution in [0.25, 0.3) is 0 Å². The van der Waals surface area contributed by atoms with Crippen molar-refractivity contribution in [3.63, 3.8) is 0 Å². The predicted octanol–water partition coefficient (Wildman–Crippen LogP) is 1.54. The molecule has 0 aliphatic rings. The van der Waals surface area contributed by atoms with Crippen molar-refractivity contribution in [3.8, 4) is 5.75 Å². The Morgan fingerprint density at radius 2 is 2.16 bits per heavy atom. The van der Waals surface area contributed by atoms with Gasteiger partial charge in [-0.3, -0.25) is 9.59 Å². The second-order valence-corrected chi connectivity index (χ2v) is 5.07. The standard InChI is InChI=1S/C13H17NO4S/c1-8(15)9-3-4-12(18-2)10(5-9)6-19-7-11(14)13(16)17/h3-5,11H,6-7,14H2,1-2H3,(H,16,17)/t11-/m1/s1. The summed E-state index contributed by atoms with van der Waals surface area (Å²) in [5, 5.41) is 8.69. The minimum Gasteiger partial charge on any atom is -0.496 e. The molecule has 0 radical (unpaired) electrons. The molecule has 5 nitrogen and oxygen atoms in total. The van der Waals surface area contributed by atoms with Gasteiger partial charge in [0.05, 0.1) is 7.11 Å². The van der Waals surface area contributed by atoms with Crippen molar-refractivity contribution in [1.29, 1.82) is 0 Å². The monoisotopic (exact) mass is 283 g/mol. The molecule has 1 aromatic rings. The number of carbonyl (C=O) groups is 2. The maximum Gasteiger partial charge on any atom is 0.321 e. The zero-order valence-electron chi connectivity index (χ0n) is 10.9. The largest absolute Gasteiger partial charge is 0.496 e. The van der Waals surface area contributed by atoms with Gasteiger partial charge < -0.3 is 15.6 Å². The first kappa shape index (κ1) is 15.5. The van der Waals surface area contributed by atoms with Gasteiger partial charge in [-0.25, -0.2) is 0 Å². The van der Waals surface area contributed by atoms with Crippen molar-refractivity contribution < 1.29 is 19.4 Å². The number of carboxylic acid groups (broad SMARTS) is 1. The number of rotatable bonds is 7. The lowest BCUT2D eigenvalue weighted by atomic mass is 10.1. The van der Waals surface area contributed by atoms with Gasteiger partial charge in [-0.15, -0.1) is 0 Å². The fraction of sp³-hybridized carbons (Fsp3) is 0.385. The lowest BCUT2D eigenvalue weighted by molar-refractivity contribution is -0.137. The summed E-state index contributed by atoms with van der Waals surface area (Å²) in [6.07, 6.45) is 0. The normalized spacial score (nSPS) is 11.9. The molecule has 1 rings (SSSR count). The van der Waals surface area contributed by atoms with Crippen molar-refractivity contribution in [2.45, 2.75) is 18.7 Å². The van der Waals surface area contributed by atoms with Crippen LogP contribution in [0.1, 0.15) is 22.8 Å². The van der Waals surface area contributed by atoms with Crippen molar-refractivity contribution in [2.24, 2.45) is 5.73 Å². The molecule has 0 bridgehead atoms. The maximum absolute atomic E-state index is 11.3. The second-order valence-electron chi connectivity index (χ2n) is 4.04. The minimum absolute atomic E-state index is 0.0175. The van der Waals surface area contributed by atoms with E-state index in [-0.39, 0.29) is 5.78 Å². The van der Waals surface area contributed by atoms with E-state index < -0.39 is 12.0 Å². The van der Waals surface area contributed by atoms with Crippen LogP contribution >= 0.6 is 11.8 Å². The highest BCUT2D eigenvalue weighted by atomic mass is 32.2. The number of carbonyl (C=O) groups excluding carboxylic acids is 1. The molecule has 0 spiro atoms. The van der Waals surface area contributed by atoms with Crippen LogP contribution < -0.4 is 10.5 Å². The number of benzene rings is 1. The molecule has 0 unspecified atom stereocenters. The Bertz CT molecular complexity index is 476. The fourth-order valence-electron chi connectivity index (χ4n) is 1.48. The van der Waals surface area contributed by atoms with Crippen LogP contribution in [0.5, 0.6) is 5.75 Å². The van der Waals surface area contributed by atoms with E-state index in [0.29, 0.717) is 22.8 Å². The average molecular weight is 283 g/mol. The minimum atomic E-state index is -1.02. The van der Waals surface area contributed by atoms with E-state index in [1.807, 2.05) is 0 Å². The smallest absolute Gasteiger partial charge is 0.321 e. The van der Waals surface area contributed by atoms with Crippen molar-refractivity contribution in [1.82, 2.24) is 0 Å². The van der Waals surface area contributed by atoms with Crippen LogP contribution in [0.4, 0.5) is 0 Å². The van der Waals surface area contributed by atoms with Crippen LogP contribution in [-0.2, 0) is 10.5 Å². The van der Waals surface area contributed by atoms with E-state index in [2.05, 4.69) is 0 Å². The molecule has 3 N–H and O–H groups in total. The Balaban J connectivity index is 2.72. The van der Waals surface area contributed by atoms with Crippen LogP contribution in [0.2, 0.25) is 0 Å². The van der Waals surface area contributed by atoms with Crippen molar-refractivity contribution in [3.05, 3.63) is 29.3 Å². The molecule has 0 saturated carbocycles. The first-order valence-electron chi connectivity index (χ1n) is 5.69. The van der Waals surface area contributed by atoms with Gasteiger partial charge >= 0.3 is 5.97 Å². The highest BCUT2D eigenvalue weighted by Crippen LogP contribution is 2.25. The quantitative estimate of drug-likeness (QED) is 0.738. The van der Waals surface area contributed by atoms with Gasteiger partial charge in [0, 0.05) is 22.6 Å². The highest BCUT2D eigenvalue weighted by molar-refractivity contribution is 7.98. The lowest BCUT2D eigenvalue weighted by Crippen LogP contribution is -2.32. The summed E-state index contributed by atoms with van der Waals surface area (Å²) in [6.45, 7) is 1.50. The van der Waals surface area contributed by atoms with E-state index in [9.17, 15) is 9.59 Å². The summed E-state index contributed by atoms with van der Waals surface area (Å²) >= 11 is 1.40. The summed E-state index contributed by atoms with van der Waals surface area (Å²) in [5.41, 5.74) is 6.89. The molecular formula is C13H17NO4S. The number of thioether (sulfide) groups is 1. The first-order chi connectivity index (χ1) is 8.95. The molecule has 104 valence electrons. The van der Waals surface area contributed by atoms with Crippen LogP contribution in [0.3, 0.4) is 0 Å². The SMILES string of the molecule is COc1ccc(C(C)=O)cc1CSC[C@@H](N)C(=O)O. The van der Waals surface area contributed by atoms with Crippen molar-refractivity contribution in [2.75, 3.05) is 12.9 Å². The van der Waals surface area contributed by atoms with E-state index in [1.165, 1.54) is 18.7 Å². The number of ketones is 1. The molecule has 1 atom stereocenters. The third-order valence-electron chi connectivity index (χ3n) is 2.56. The molecule has 0 amide bonds. The number of ether oxygens (including phenoxy) is 1. The molecule has 0 aliphatic heterocycles. The number of aliphatic carboxylic acids is 1. The predicted molar refractivity (Wildman–Crippen MR) is 74.8 cm³/mol. The molecular weight excluding hydrogens is 266 g/mol. The first-order valence-corrected chi connectivity index (χ1v) is 6.85. The van der Waals surface area contributed by atoms with Gasteiger partial charge in [0.15, 0.2) is 5.78 Å². The van der Waals surface area contributed by atoms with Crippen molar-refractivity contribution >= 4 is 23.5 Å². The third-order valence-corrected chi connectivity index (χ3v) is 3.67. The average Bonchev–Trinajstić information content (AvgIpc) is 2.38. The van der Waals surface area contributed by atoms with E-state index in [0.717, 1.165) is 5.56 Å². The summed E-state index contributed by atoms with van der Waals surface area (Å²) in [6, 6.07) is 4.33. The number of Topliss-reactive ketones (excluding diaryl/α,β-unsaturated/α-hetero) is 1. The molecule has 6 heteroatoms. The van der Waals surface area contributed by atoms with Gasteiger partial charge in [-0.05, 0) is 25.1 Å². The number of hydrogen-bond acceptors (Lipinski definition) is 5. The zero-order valence-corrected chi connectivity index (χ0v) is 11.7. The van der Waals surface area contributed by atoms with Gasteiger partial charge in [-0.1, -0.05) is 0 Å².